The lowest BCUT2D eigenvalue weighted by molar-refractivity contribution is 1.07. The van der Waals surface area contributed by atoms with Gasteiger partial charge in [-0.25, -0.2) is 29.9 Å². The van der Waals surface area contributed by atoms with Crippen LogP contribution in [0.15, 0.2) is 212 Å². The second-order valence-electron chi connectivity index (χ2n) is 17.6. The number of benzene rings is 9. The van der Waals surface area contributed by atoms with Crippen molar-refractivity contribution in [2.45, 2.75) is 0 Å². The molecule has 0 aliphatic carbocycles. The summed E-state index contributed by atoms with van der Waals surface area (Å²) < 4.78 is 2.16. The molecular weight excluding hydrogens is 923 g/mol. The largest absolute Gasteiger partial charge is 0.308 e. The molecule has 0 unspecified atom stereocenters. The van der Waals surface area contributed by atoms with Gasteiger partial charge in [-0.1, -0.05) is 140 Å². The van der Waals surface area contributed by atoms with Crippen molar-refractivity contribution in [3.8, 4) is 121 Å². The van der Waals surface area contributed by atoms with Gasteiger partial charge in [0, 0.05) is 55.3 Å². The van der Waals surface area contributed by atoms with Crippen LogP contribution >= 0.6 is 0 Å². The Hall–Kier alpha value is -11.2. The maximum Gasteiger partial charge on any atom is 0.164 e. The lowest BCUT2D eigenvalue weighted by Crippen LogP contribution is -2.04. The lowest BCUT2D eigenvalue weighted by atomic mass is 9.90. The van der Waals surface area contributed by atoms with Gasteiger partial charge in [0.25, 0.3) is 0 Å². The van der Waals surface area contributed by atoms with E-state index in [2.05, 4.69) is 41.0 Å². The molecule has 9 aromatic carbocycles. The zero-order valence-corrected chi connectivity index (χ0v) is 39.6. The van der Waals surface area contributed by atoms with Gasteiger partial charge in [-0.2, -0.15) is 21.0 Å². The molecule has 0 spiro atoms. The molecule has 0 amide bonds. The van der Waals surface area contributed by atoms with Crippen molar-refractivity contribution in [3.63, 3.8) is 0 Å². The monoisotopic (exact) mass is 957 g/mol. The number of rotatable bonds is 9. The van der Waals surface area contributed by atoms with E-state index in [1.54, 1.807) is 36.4 Å². The predicted molar refractivity (Wildman–Crippen MR) is 290 cm³/mol. The van der Waals surface area contributed by atoms with Crippen molar-refractivity contribution in [2.75, 3.05) is 0 Å². The Morgan fingerprint density at radius 3 is 0.987 bits per heavy atom. The Balaban J connectivity index is 1.18. The number of aromatic nitrogens is 7. The molecule has 0 bridgehead atoms. The second-order valence-corrected chi connectivity index (χ2v) is 17.6. The summed E-state index contributed by atoms with van der Waals surface area (Å²) in [7, 11) is 0. The number of nitrogens with zero attached hydrogens (tertiary/aromatic N) is 11. The summed E-state index contributed by atoms with van der Waals surface area (Å²) in [5, 5.41) is 43.6. The zero-order chi connectivity index (χ0) is 50.8. The second kappa shape index (κ2) is 19.2. The highest BCUT2D eigenvalue weighted by Gasteiger charge is 2.25. The summed E-state index contributed by atoms with van der Waals surface area (Å²) in [4.78, 5) is 30.3. The van der Waals surface area contributed by atoms with E-state index >= 15 is 0 Å². The zero-order valence-electron chi connectivity index (χ0n) is 39.6. The first-order valence-electron chi connectivity index (χ1n) is 23.8. The third-order valence-corrected chi connectivity index (χ3v) is 12.9. The number of fused-ring (bicyclic) bond motifs is 3. The number of hydrogen-bond acceptors (Lipinski definition) is 10. The number of para-hydroxylation sites is 1. The van der Waals surface area contributed by atoms with E-state index in [4.69, 9.17) is 29.9 Å². The average molecular weight is 958 g/mol. The maximum absolute atomic E-state index is 10.4. The first-order chi connectivity index (χ1) is 36.9. The summed E-state index contributed by atoms with van der Waals surface area (Å²) in [5.41, 5.74) is 10.4. The van der Waals surface area contributed by atoms with Crippen LogP contribution in [0.25, 0.3) is 118 Å². The van der Waals surface area contributed by atoms with Gasteiger partial charge in [0.15, 0.2) is 34.9 Å². The van der Waals surface area contributed by atoms with E-state index in [0.29, 0.717) is 68.5 Å². The van der Waals surface area contributed by atoms with Crippen molar-refractivity contribution in [3.05, 3.63) is 235 Å². The van der Waals surface area contributed by atoms with E-state index in [1.807, 2.05) is 164 Å². The first kappa shape index (κ1) is 44.9. The highest BCUT2D eigenvalue weighted by molar-refractivity contribution is 6.12. The summed E-state index contributed by atoms with van der Waals surface area (Å²) in [6.07, 6.45) is 0. The average Bonchev–Trinajstić information content (AvgIpc) is 3.82. The number of hydrogen-bond donors (Lipinski definition) is 0. The molecule has 0 fully saturated rings. The van der Waals surface area contributed by atoms with Crippen LogP contribution in [0.2, 0.25) is 0 Å². The standard InChI is InChI=1S/C64H35N11/c65-36-40-27-41(37-66)30-49(29-40)53-34-51(64-73-61(46-19-9-3-10-20-46)70-62(74-64)47-21-11-4-12-22-47)35-54(50-31-42(38-67)28-43(32-50)39-68)58(53)75-56-24-14-13-23-52(56)55-33-48(25-26-57(55)75)63-71-59(44-15-5-1-6-16-44)69-60(72-63)45-17-7-2-8-18-45/h1-35H. The van der Waals surface area contributed by atoms with E-state index < -0.39 is 0 Å². The first-order valence-corrected chi connectivity index (χ1v) is 23.8. The quantitative estimate of drug-likeness (QED) is 0.135. The normalized spacial score (nSPS) is 10.9. The Kier molecular flexibility index (Phi) is 11.5. The molecule has 0 radical (unpaired) electrons. The van der Waals surface area contributed by atoms with Crippen LogP contribution < -0.4 is 0 Å². The Labute approximate surface area is 430 Å². The Bertz CT molecular complexity index is 4110. The van der Waals surface area contributed by atoms with Gasteiger partial charge >= 0.3 is 0 Å². The fourth-order valence-electron chi connectivity index (χ4n) is 9.50. The fourth-order valence-corrected chi connectivity index (χ4v) is 9.50. The van der Waals surface area contributed by atoms with Gasteiger partial charge in [0.2, 0.25) is 0 Å². The van der Waals surface area contributed by atoms with E-state index in [0.717, 1.165) is 49.6 Å². The maximum atomic E-state index is 10.4. The molecule has 11 nitrogen and oxygen atoms in total. The molecular formula is C64H35N11. The summed E-state index contributed by atoms with van der Waals surface area (Å²) in [5.74, 6) is 2.81. The van der Waals surface area contributed by atoms with Crippen LogP contribution in [-0.4, -0.2) is 34.5 Å². The van der Waals surface area contributed by atoms with Crippen LogP contribution in [0.1, 0.15) is 22.3 Å². The smallest absolute Gasteiger partial charge is 0.164 e. The van der Waals surface area contributed by atoms with E-state index in [1.165, 1.54) is 0 Å². The third-order valence-electron chi connectivity index (χ3n) is 12.9. The topological polar surface area (TPSA) is 177 Å². The molecule has 0 N–H and O–H groups in total. The lowest BCUT2D eigenvalue weighted by Gasteiger charge is -2.21. The van der Waals surface area contributed by atoms with Crippen molar-refractivity contribution in [2.24, 2.45) is 0 Å². The minimum absolute atomic E-state index is 0.284. The molecule has 3 heterocycles. The van der Waals surface area contributed by atoms with Crippen LogP contribution in [-0.2, 0) is 0 Å². The fraction of sp³-hybridized carbons (Fsp3) is 0. The minimum atomic E-state index is 0.284. The highest BCUT2D eigenvalue weighted by atomic mass is 15.0. The Morgan fingerprint density at radius 1 is 0.267 bits per heavy atom. The molecule has 3 aromatic heterocycles. The summed E-state index contributed by atoms with van der Waals surface area (Å²) in [6, 6.07) is 76.5. The van der Waals surface area contributed by atoms with Gasteiger partial charge in [-0.3, -0.25) is 0 Å². The van der Waals surface area contributed by atoms with Gasteiger partial charge in [-0.15, -0.1) is 0 Å². The van der Waals surface area contributed by atoms with Gasteiger partial charge in [0.05, 0.1) is 63.3 Å². The Morgan fingerprint density at radius 2 is 0.600 bits per heavy atom. The van der Waals surface area contributed by atoms with Gasteiger partial charge < -0.3 is 4.57 Å². The highest BCUT2D eigenvalue weighted by Crippen LogP contribution is 2.45. The van der Waals surface area contributed by atoms with Gasteiger partial charge in [0.1, 0.15) is 0 Å². The van der Waals surface area contributed by atoms with Gasteiger partial charge in [-0.05, 0) is 83.9 Å². The van der Waals surface area contributed by atoms with Crippen molar-refractivity contribution >= 4 is 21.8 Å². The van der Waals surface area contributed by atoms with Crippen molar-refractivity contribution in [1.82, 2.24) is 34.5 Å². The van der Waals surface area contributed by atoms with Crippen LogP contribution in [0, 0.1) is 45.3 Å². The van der Waals surface area contributed by atoms with Crippen LogP contribution in [0.3, 0.4) is 0 Å². The van der Waals surface area contributed by atoms with Crippen molar-refractivity contribution in [1.29, 1.82) is 21.0 Å². The molecule has 12 aromatic rings. The predicted octanol–water partition coefficient (Wildman–Crippen LogP) is 14.0. The van der Waals surface area contributed by atoms with Crippen LogP contribution in [0.5, 0.6) is 0 Å². The molecule has 0 saturated carbocycles. The molecule has 0 aliphatic heterocycles. The van der Waals surface area contributed by atoms with E-state index in [9.17, 15) is 21.0 Å². The van der Waals surface area contributed by atoms with Crippen molar-refractivity contribution < 1.29 is 0 Å². The molecule has 11 heteroatoms. The van der Waals surface area contributed by atoms with E-state index in [-0.39, 0.29) is 22.3 Å². The third kappa shape index (κ3) is 8.54. The minimum Gasteiger partial charge on any atom is -0.308 e. The molecule has 75 heavy (non-hydrogen) atoms. The van der Waals surface area contributed by atoms with Crippen LogP contribution in [0.4, 0.5) is 0 Å². The molecule has 346 valence electrons. The summed E-state index contributed by atoms with van der Waals surface area (Å²) in [6.45, 7) is 0. The molecule has 0 atom stereocenters. The SMILES string of the molecule is N#Cc1cc(C#N)cc(-c2cc(-c3nc(-c4ccccc4)nc(-c4ccccc4)n3)cc(-c3cc(C#N)cc(C#N)c3)c2-n2c3ccccc3c3cc(-c4nc(-c5ccccc5)nc(-c5ccccc5)n4)ccc32)c1. The summed E-state index contributed by atoms with van der Waals surface area (Å²) >= 11 is 0. The molecule has 0 saturated heterocycles. The molecule has 12 rings (SSSR count). The molecule has 0 aliphatic rings. The number of nitriles is 4.